The van der Waals surface area contributed by atoms with Crippen LogP contribution in [0.25, 0.3) is 0 Å². The molecule has 0 spiro atoms. The maximum Gasteiger partial charge on any atom is 0.289 e. The zero-order chi connectivity index (χ0) is 9.30. The van der Waals surface area contributed by atoms with Crippen molar-refractivity contribution in [3.05, 3.63) is 27.8 Å². The molecule has 1 aromatic carbocycles. The maximum atomic E-state index is 10.4. The third-order valence-electron chi connectivity index (χ3n) is 1.56. The van der Waals surface area contributed by atoms with Crippen LogP contribution in [-0.4, -0.2) is 10.0 Å². The highest BCUT2D eigenvalue weighted by Crippen LogP contribution is 2.32. The lowest BCUT2D eigenvalue weighted by Gasteiger charge is -2.01. The molecule has 12 heavy (non-hydrogen) atoms. The third-order valence-corrected chi connectivity index (χ3v) is 1.92. The van der Waals surface area contributed by atoms with Gasteiger partial charge in [-0.25, -0.2) is 0 Å². The minimum Gasteiger partial charge on any atom is -0.507 e. The Labute approximate surface area is 74.4 Å². The summed E-state index contributed by atoms with van der Waals surface area (Å²) in [5.41, 5.74) is 0.103. The lowest BCUT2D eigenvalue weighted by Crippen LogP contribution is -1.93. The second-order valence-corrected chi connectivity index (χ2v) is 2.82. The van der Waals surface area contributed by atoms with Crippen LogP contribution in [0, 0.1) is 17.0 Å². The molecule has 0 aromatic heterocycles. The molecule has 0 heterocycles. The predicted octanol–water partition coefficient (Wildman–Crippen LogP) is 1.90. The third kappa shape index (κ3) is 1.35. The van der Waals surface area contributed by atoms with E-state index in [1.807, 2.05) is 0 Å². The molecule has 0 bridgehead atoms. The fourth-order valence-electron chi connectivity index (χ4n) is 0.906. The first-order valence-electron chi connectivity index (χ1n) is 3.20. The Bertz CT molecular complexity index is 338. The van der Waals surface area contributed by atoms with Gasteiger partial charge in [-0.1, -0.05) is 0 Å². The largest absolute Gasteiger partial charge is 0.507 e. The number of nitrogens with zero attached hydrogens (tertiary/aromatic N) is 1. The number of nitro groups is 1. The summed E-state index contributed by atoms with van der Waals surface area (Å²) in [6.07, 6.45) is 0. The van der Waals surface area contributed by atoms with Gasteiger partial charge in [-0.05, 0) is 19.1 Å². The normalized spacial score (nSPS) is 9.83. The first-order valence-corrected chi connectivity index (χ1v) is 3.64. The van der Waals surface area contributed by atoms with Gasteiger partial charge in [-0.3, -0.25) is 10.1 Å². The molecular formula is C7H7NO3S. The standard InChI is InChI=1S/C7H7NO3S/c1-4-5(9)2-3-6(12)7(4)8(10)11/h2-3,9,12H,1H3. The summed E-state index contributed by atoms with van der Waals surface area (Å²) < 4.78 is 0. The quantitative estimate of drug-likeness (QED) is 0.399. The topological polar surface area (TPSA) is 63.4 Å². The Hall–Kier alpha value is -1.23. The van der Waals surface area contributed by atoms with Crippen LogP contribution in [0.1, 0.15) is 5.56 Å². The molecule has 0 aliphatic rings. The molecule has 5 heteroatoms. The molecule has 0 amide bonds. The summed E-state index contributed by atoms with van der Waals surface area (Å²) >= 11 is 3.90. The Morgan fingerprint density at radius 2 is 2.17 bits per heavy atom. The fraction of sp³-hybridized carbons (Fsp3) is 0.143. The molecule has 0 saturated heterocycles. The molecule has 1 rings (SSSR count). The van der Waals surface area contributed by atoms with Crippen LogP contribution in [0.2, 0.25) is 0 Å². The van der Waals surface area contributed by atoms with E-state index >= 15 is 0 Å². The number of phenols is 1. The van der Waals surface area contributed by atoms with E-state index in [1.165, 1.54) is 19.1 Å². The number of rotatable bonds is 1. The Kier molecular flexibility index (Phi) is 2.23. The van der Waals surface area contributed by atoms with Crippen molar-refractivity contribution in [2.75, 3.05) is 0 Å². The number of benzene rings is 1. The van der Waals surface area contributed by atoms with Crippen LogP contribution in [0.4, 0.5) is 5.69 Å². The highest BCUT2D eigenvalue weighted by molar-refractivity contribution is 7.80. The lowest BCUT2D eigenvalue weighted by molar-refractivity contribution is -0.388. The molecule has 4 nitrogen and oxygen atoms in total. The van der Waals surface area contributed by atoms with Gasteiger partial charge in [-0.2, -0.15) is 0 Å². The number of thiol groups is 1. The highest BCUT2D eigenvalue weighted by Gasteiger charge is 2.17. The number of aromatic hydroxyl groups is 1. The van der Waals surface area contributed by atoms with Gasteiger partial charge < -0.3 is 5.11 Å². The van der Waals surface area contributed by atoms with Gasteiger partial charge in [0.1, 0.15) is 5.75 Å². The molecule has 64 valence electrons. The zero-order valence-electron chi connectivity index (χ0n) is 6.31. The second-order valence-electron chi connectivity index (χ2n) is 2.33. The smallest absolute Gasteiger partial charge is 0.289 e. The molecule has 0 saturated carbocycles. The minimum atomic E-state index is -0.558. The number of hydrogen-bond acceptors (Lipinski definition) is 4. The molecule has 1 N–H and O–H groups in total. The molecule has 1 aromatic rings. The summed E-state index contributed by atoms with van der Waals surface area (Å²) in [7, 11) is 0. The number of phenolic OH excluding ortho intramolecular Hbond substituents is 1. The van der Waals surface area contributed by atoms with Crippen molar-refractivity contribution in [2.45, 2.75) is 11.8 Å². The van der Waals surface area contributed by atoms with E-state index in [-0.39, 0.29) is 21.9 Å². The van der Waals surface area contributed by atoms with Gasteiger partial charge in [0, 0.05) is 0 Å². The number of nitro benzene ring substituents is 1. The molecule has 0 unspecified atom stereocenters. The zero-order valence-corrected chi connectivity index (χ0v) is 7.21. The summed E-state index contributed by atoms with van der Waals surface area (Å²) in [5.74, 6) is -0.0838. The number of hydrogen-bond donors (Lipinski definition) is 2. The fourth-order valence-corrected chi connectivity index (χ4v) is 1.23. The molecular weight excluding hydrogens is 178 g/mol. The van der Waals surface area contributed by atoms with Crippen LogP contribution >= 0.6 is 12.6 Å². The molecule has 0 radical (unpaired) electrons. The predicted molar refractivity (Wildman–Crippen MR) is 46.8 cm³/mol. The van der Waals surface area contributed by atoms with E-state index in [0.717, 1.165) is 0 Å². The minimum absolute atomic E-state index is 0.0838. The van der Waals surface area contributed by atoms with E-state index in [0.29, 0.717) is 0 Å². The van der Waals surface area contributed by atoms with E-state index < -0.39 is 4.92 Å². The van der Waals surface area contributed by atoms with Gasteiger partial charge >= 0.3 is 0 Å². The van der Waals surface area contributed by atoms with E-state index in [9.17, 15) is 10.1 Å². The average Bonchev–Trinajstić information content (AvgIpc) is 1.97. The monoisotopic (exact) mass is 185 g/mol. The summed E-state index contributed by atoms with van der Waals surface area (Å²) in [6, 6.07) is 2.77. The van der Waals surface area contributed by atoms with Crippen molar-refractivity contribution in [2.24, 2.45) is 0 Å². The lowest BCUT2D eigenvalue weighted by atomic mass is 10.2. The van der Waals surface area contributed by atoms with Crippen molar-refractivity contribution < 1.29 is 10.0 Å². The van der Waals surface area contributed by atoms with Crippen LogP contribution in [-0.2, 0) is 0 Å². The van der Waals surface area contributed by atoms with Gasteiger partial charge in [-0.15, -0.1) is 12.6 Å². The van der Waals surface area contributed by atoms with Crippen molar-refractivity contribution in [1.82, 2.24) is 0 Å². The van der Waals surface area contributed by atoms with Gasteiger partial charge in [0.25, 0.3) is 5.69 Å². The first-order chi connectivity index (χ1) is 5.54. The van der Waals surface area contributed by atoms with Gasteiger partial charge in [0.05, 0.1) is 15.4 Å². The van der Waals surface area contributed by atoms with E-state index in [2.05, 4.69) is 12.6 Å². The van der Waals surface area contributed by atoms with Gasteiger partial charge in [0.2, 0.25) is 0 Å². The van der Waals surface area contributed by atoms with Crippen molar-refractivity contribution in [3.8, 4) is 5.75 Å². The SMILES string of the molecule is Cc1c(O)ccc(S)c1[N+](=O)[O-]. The Morgan fingerprint density at radius 3 is 2.58 bits per heavy atom. The molecule has 0 aliphatic heterocycles. The summed E-state index contributed by atoms with van der Waals surface area (Å²) in [6.45, 7) is 1.48. The van der Waals surface area contributed by atoms with E-state index in [4.69, 9.17) is 5.11 Å². The van der Waals surface area contributed by atoms with Gasteiger partial charge in [0.15, 0.2) is 0 Å². The summed E-state index contributed by atoms with van der Waals surface area (Å²) in [5, 5.41) is 19.6. The van der Waals surface area contributed by atoms with Crippen LogP contribution < -0.4 is 0 Å². The second kappa shape index (κ2) is 3.02. The van der Waals surface area contributed by atoms with Crippen LogP contribution in [0.15, 0.2) is 17.0 Å². The average molecular weight is 185 g/mol. The Morgan fingerprint density at radius 1 is 1.58 bits per heavy atom. The first kappa shape index (κ1) is 8.86. The van der Waals surface area contributed by atoms with Crippen molar-refractivity contribution >= 4 is 18.3 Å². The van der Waals surface area contributed by atoms with Crippen LogP contribution in [0.3, 0.4) is 0 Å². The molecule has 0 atom stereocenters. The van der Waals surface area contributed by atoms with Crippen molar-refractivity contribution in [3.63, 3.8) is 0 Å². The Balaban J connectivity index is 3.43. The molecule has 0 aliphatic carbocycles. The highest BCUT2D eigenvalue weighted by atomic mass is 32.1. The van der Waals surface area contributed by atoms with Crippen molar-refractivity contribution in [1.29, 1.82) is 0 Å². The van der Waals surface area contributed by atoms with E-state index in [1.54, 1.807) is 0 Å². The van der Waals surface area contributed by atoms with Crippen LogP contribution in [0.5, 0.6) is 5.75 Å². The maximum absolute atomic E-state index is 10.4. The summed E-state index contributed by atoms with van der Waals surface area (Å²) in [4.78, 5) is 10.1. The molecule has 0 fully saturated rings.